The summed E-state index contributed by atoms with van der Waals surface area (Å²) in [6.45, 7) is 5.15. The van der Waals surface area contributed by atoms with Crippen molar-refractivity contribution >= 4 is 33.0 Å². The predicted octanol–water partition coefficient (Wildman–Crippen LogP) is 1.05. The van der Waals surface area contributed by atoms with Crippen LogP contribution in [0.25, 0.3) is 15.7 Å². The van der Waals surface area contributed by atoms with Crippen LogP contribution in [0.15, 0.2) is 22.3 Å². The summed E-state index contributed by atoms with van der Waals surface area (Å²) < 4.78 is 4.32. The molecule has 0 unspecified atom stereocenters. The summed E-state index contributed by atoms with van der Waals surface area (Å²) in [5.74, 6) is 0.761. The van der Waals surface area contributed by atoms with Crippen LogP contribution in [0, 0.1) is 0 Å². The van der Waals surface area contributed by atoms with E-state index in [0.29, 0.717) is 25.0 Å². The Bertz CT molecular complexity index is 994. The molecule has 0 aromatic carbocycles. The quantitative estimate of drug-likeness (QED) is 0.701. The summed E-state index contributed by atoms with van der Waals surface area (Å²) in [6, 6.07) is 3.91. The second-order valence-electron chi connectivity index (χ2n) is 6.45. The highest BCUT2D eigenvalue weighted by Crippen LogP contribution is 2.24. The maximum absolute atomic E-state index is 12.8. The van der Waals surface area contributed by atoms with Gasteiger partial charge in [-0.15, -0.1) is 11.3 Å². The van der Waals surface area contributed by atoms with Crippen LogP contribution in [0.3, 0.4) is 0 Å². The lowest BCUT2D eigenvalue weighted by molar-refractivity contribution is -0.133. The lowest BCUT2D eigenvalue weighted by atomic mass is 10.3. The number of amides is 1. The van der Waals surface area contributed by atoms with Gasteiger partial charge in [-0.2, -0.15) is 5.10 Å². The molecule has 1 aliphatic heterocycles. The Hall–Kier alpha value is -2.19. The Morgan fingerprint density at radius 2 is 2.00 bits per heavy atom. The molecule has 1 amide bonds. The van der Waals surface area contributed by atoms with Gasteiger partial charge in [0, 0.05) is 32.6 Å². The van der Waals surface area contributed by atoms with E-state index < -0.39 is 0 Å². The van der Waals surface area contributed by atoms with Crippen molar-refractivity contribution in [3.8, 4) is 0 Å². The molecule has 4 heterocycles. The van der Waals surface area contributed by atoms with Gasteiger partial charge in [-0.05, 0) is 24.6 Å². The highest BCUT2D eigenvalue weighted by molar-refractivity contribution is 7.17. The normalized spacial score (nSPS) is 16.2. The molecule has 25 heavy (non-hydrogen) atoms. The van der Waals surface area contributed by atoms with E-state index in [9.17, 15) is 9.59 Å². The Balaban J connectivity index is 1.71. The van der Waals surface area contributed by atoms with Gasteiger partial charge in [0.05, 0.1) is 10.2 Å². The molecule has 0 spiro atoms. The molecule has 0 N–H and O–H groups in total. The summed E-state index contributed by atoms with van der Waals surface area (Å²) in [5, 5.41) is 6.50. The van der Waals surface area contributed by atoms with Gasteiger partial charge in [-0.3, -0.25) is 14.0 Å². The zero-order valence-electron chi connectivity index (χ0n) is 14.4. The number of carbonyl (C=O) groups excluding carboxylic acids is 1. The van der Waals surface area contributed by atoms with Crippen molar-refractivity contribution in [1.29, 1.82) is 0 Å². The van der Waals surface area contributed by atoms with Crippen LogP contribution >= 0.6 is 11.3 Å². The van der Waals surface area contributed by atoms with E-state index in [2.05, 4.69) is 10.00 Å². The molecule has 0 saturated carbocycles. The maximum atomic E-state index is 12.8. The number of rotatable bonds is 3. The third kappa shape index (κ3) is 2.75. The number of piperazine rings is 1. The number of likely N-dealkylation sites (N-methyl/N-ethyl adjacent to an activating group) is 1. The van der Waals surface area contributed by atoms with E-state index in [4.69, 9.17) is 0 Å². The molecule has 8 heteroatoms. The topological polar surface area (TPSA) is 62.9 Å². The van der Waals surface area contributed by atoms with Crippen molar-refractivity contribution in [2.75, 3.05) is 33.2 Å². The zero-order chi connectivity index (χ0) is 17.6. The lowest BCUT2D eigenvalue weighted by Gasteiger charge is -2.32. The molecule has 132 valence electrons. The summed E-state index contributed by atoms with van der Waals surface area (Å²) in [7, 11) is 2.05. The number of fused-ring (bicyclic) bond motifs is 3. The summed E-state index contributed by atoms with van der Waals surface area (Å²) in [5.41, 5.74) is 1.40. The molecule has 4 rings (SSSR count). The number of aryl methyl sites for hydroxylation is 1. The van der Waals surface area contributed by atoms with E-state index in [1.54, 1.807) is 11.3 Å². The predicted molar refractivity (Wildman–Crippen MR) is 98.3 cm³/mol. The van der Waals surface area contributed by atoms with E-state index in [-0.39, 0.29) is 18.0 Å². The average Bonchev–Trinajstić information content (AvgIpc) is 3.19. The first-order valence-corrected chi connectivity index (χ1v) is 9.41. The van der Waals surface area contributed by atoms with Crippen LogP contribution < -0.4 is 5.56 Å². The Kier molecular flexibility index (Phi) is 4.09. The molecule has 0 aliphatic carbocycles. The van der Waals surface area contributed by atoms with Gasteiger partial charge in [0.2, 0.25) is 5.91 Å². The number of aromatic nitrogens is 3. The third-order valence-electron chi connectivity index (χ3n) is 4.83. The molecule has 0 radical (unpaired) electrons. The van der Waals surface area contributed by atoms with Crippen molar-refractivity contribution in [3.05, 3.63) is 33.7 Å². The van der Waals surface area contributed by atoms with E-state index in [1.165, 1.54) is 4.68 Å². The molecule has 0 bridgehead atoms. The molecule has 3 aromatic rings. The van der Waals surface area contributed by atoms with E-state index in [0.717, 1.165) is 29.1 Å². The van der Waals surface area contributed by atoms with Crippen LogP contribution in [0.2, 0.25) is 0 Å². The lowest BCUT2D eigenvalue weighted by Crippen LogP contribution is -2.49. The number of nitrogens with zero attached hydrogens (tertiary/aromatic N) is 5. The number of hydrogen-bond donors (Lipinski definition) is 0. The van der Waals surface area contributed by atoms with Gasteiger partial charge in [0.1, 0.15) is 17.9 Å². The second-order valence-corrected chi connectivity index (χ2v) is 7.40. The first-order valence-electron chi connectivity index (χ1n) is 8.53. The van der Waals surface area contributed by atoms with Crippen molar-refractivity contribution in [3.63, 3.8) is 0 Å². The molecular formula is C17H21N5O2S. The van der Waals surface area contributed by atoms with Gasteiger partial charge in [-0.25, -0.2) is 4.68 Å². The molecule has 7 nitrogen and oxygen atoms in total. The largest absolute Gasteiger partial charge is 0.339 e. The summed E-state index contributed by atoms with van der Waals surface area (Å²) in [4.78, 5) is 29.4. The SMILES string of the molecule is CCc1nn(CC(=O)N2CCN(C)CC2)c(=O)c2cc3sccc3n12. The van der Waals surface area contributed by atoms with Crippen molar-refractivity contribution < 1.29 is 4.79 Å². The minimum Gasteiger partial charge on any atom is -0.339 e. The van der Waals surface area contributed by atoms with Gasteiger partial charge in [0.15, 0.2) is 0 Å². The van der Waals surface area contributed by atoms with Gasteiger partial charge in [0.25, 0.3) is 5.56 Å². The van der Waals surface area contributed by atoms with Crippen LogP contribution in [-0.2, 0) is 17.8 Å². The van der Waals surface area contributed by atoms with Crippen molar-refractivity contribution in [1.82, 2.24) is 24.0 Å². The van der Waals surface area contributed by atoms with Gasteiger partial charge in [-0.1, -0.05) is 6.92 Å². The Morgan fingerprint density at radius 3 is 2.72 bits per heavy atom. The average molecular weight is 359 g/mol. The zero-order valence-corrected chi connectivity index (χ0v) is 15.3. The fraction of sp³-hybridized carbons (Fsp3) is 0.471. The number of thiophene rings is 1. The van der Waals surface area contributed by atoms with Crippen LogP contribution in [0.4, 0.5) is 0 Å². The van der Waals surface area contributed by atoms with Crippen LogP contribution in [-0.4, -0.2) is 63.1 Å². The number of hydrogen-bond acceptors (Lipinski definition) is 5. The molecule has 3 aromatic heterocycles. The third-order valence-corrected chi connectivity index (χ3v) is 5.68. The molecular weight excluding hydrogens is 338 g/mol. The monoisotopic (exact) mass is 359 g/mol. The van der Waals surface area contributed by atoms with Crippen LogP contribution in [0.1, 0.15) is 12.7 Å². The summed E-state index contributed by atoms with van der Waals surface area (Å²) >= 11 is 1.61. The van der Waals surface area contributed by atoms with E-state index in [1.807, 2.05) is 40.8 Å². The van der Waals surface area contributed by atoms with E-state index >= 15 is 0 Å². The molecule has 1 saturated heterocycles. The van der Waals surface area contributed by atoms with Gasteiger partial charge < -0.3 is 9.80 Å². The maximum Gasteiger partial charge on any atom is 0.291 e. The smallest absolute Gasteiger partial charge is 0.291 e. The molecule has 1 fully saturated rings. The highest BCUT2D eigenvalue weighted by Gasteiger charge is 2.21. The minimum atomic E-state index is -0.205. The van der Waals surface area contributed by atoms with Crippen LogP contribution in [0.5, 0.6) is 0 Å². The molecule has 1 aliphatic rings. The highest BCUT2D eigenvalue weighted by atomic mass is 32.1. The second kappa shape index (κ2) is 6.27. The Morgan fingerprint density at radius 1 is 1.24 bits per heavy atom. The first kappa shape index (κ1) is 16.3. The standard InChI is InChI=1S/C17H21N5O2S/c1-3-15-18-21(11-16(23)20-7-5-19(2)6-8-20)17(24)13-10-14-12(22(13)15)4-9-25-14/h4,9-10H,3,5-8,11H2,1-2H3. The molecule has 0 atom stereocenters. The first-order chi connectivity index (χ1) is 12.1. The fourth-order valence-electron chi connectivity index (χ4n) is 3.34. The minimum absolute atomic E-state index is 0.00484. The summed E-state index contributed by atoms with van der Waals surface area (Å²) in [6.07, 6.45) is 0.694. The number of carbonyl (C=O) groups is 1. The van der Waals surface area contributed by atoms with Crippen molar-refractivity contribution in [2.45, 2.75) is 19.9 Å². The fourth-order valence-corrected chi connectivity index (χ4v) is 4.15. The van der Waals surface area contributed by atoms with Crippen molar-refractivity contribution in [2.24, 2.45) is 0 Å². The Labute approximate surface area is 149 Å². The van der Waals surface area contributed by atoms with Gasteiger partial charge >= 0.3 is 0 Å².